The minimum atomic E-state index is -0.228. The molecule has 1 aliphatic heterocycles. The van der Waals surface area contributed by atoms with E-state index in [9.17, 15) is 14.7 Å². The number of phenols is 1. The second kappa shape index (κ2) is 4.25. The van der Waals surface area contributed by atoms with Gasteiger partial charge in [-0.05, 0) is 6.07 Å². The van der Waals surface area contributed by atoms with Gasteiger partial charge in [-0.3, -0.25) is 9.59 Å². The summed E-state index contributed by atoms with van der Waals surface area (Å²) in [6, 6.07) is 1.43. The summed E-state index contributed by atoms with van der Waals surface area (Å²) in [5.41, 5.74) is 1.08. The summed E-state index contributed by atoms with van der Waals surface area (Å²) in [5.74, 6) is -0.561. The molecule has 3 N–H and O–H groups in total. The van der Waals surface area contributed by atoms with E-state index in [4.69, 9.17) is 11.6 Å². The SMILES string of the molecule is CCC(=O)Nc1cc(Cl)c2c(c1O)CC(=O)N2. The summed E-state index contributed by atoms with van der Waals surface area (Å²) in [6.45, 7) is 1.70. The van der Waals surface area contributed by atoms with Crippen molar-refractivity contribution in [1.82, 2.24) is 0 Å². The van der Waals surface area contributed by atoms with Crippen molar-refractivity contribution in [2.45, 2.75) is 19.8 Å². The summed E-state index contributed by atoms with van der Waals surface area (Å²) in [6.07, 6.45) is 0.363. The Bertz CT molecular complexity index is 514. The van der Waals surface area contributed by atoms with Crippen LogP contribution in [0.4, 0.5) is 11.4 Å². The molecule has 6 heteroatoms. The van der Waals surface area contributed by atoms with Gasteiger partial charge >= 0.3 is 0 Å². The van der Waals surface area contributed by atoms with E-state index in [2.05, 4.69) is 10.6 Å². The zero-order valence-corrected chi connectivity index (χ0v) is 9.89. The number of halogens is 1. The number of hydrogen-bond acceptors (Lipinski definition) is 3. The Balaban J connectivity index is 2.44. The number of aromatic hydroxyl groups is 1. The molecule has 0 bridgehead atoms. The molecule has 0 saturated carbocycles. The van der Waals surface area contributed by atoms with Crippen molar-refractivity contribution in [1.29, 1.82) is 0 Å². The summed E-state index contributed by atoms with van der Waals surface area (Å²) < 4.78 is 0. The lowest BCUT2D eigenvalue weighted by atomic mass is 10.1. The minimum Gasteiger partial charge on any atom is -0.505 e. The van der Waals surface area contributed by atoms with Crippen molar-refractivity contribution in [2.24, 2.45) is 0 Å². The highest BCUT2D eigenvalue weighted by Gasteiger charge is 2.26. The van der Waals surface area contributed by atoms with Gasteiger partial charge in [-0.2, -0.15) is 0 Å². The maximum atomic E-state index is 11.3. The van der Waals surface area contributed by atoms with Crippen molar-refractivity contribution < 1.29 is 14.7 Å². The molecule has 0 radical (unpaired) electrons. The Morgan fingerprint density at radius 2 is 2.35 bits per heavy atom. The molecular weight excluding hydrogens is 244 g/mol. The summed E-state index contributed by atoms with van der Waals surface area (Å²) in [5, 5.41) is 15.3. The van der Waals surface area contributed by atoms with E-state index < -0.39 is 0 Å². The van der Waals surface area contributed by atoms with Gasteiger partial charge in [0.25, 0.3) is 0 Å². The summed E-state index contributed by atoms with van der Waals surface area (Å²) in [7, 11) is 0. The number of carbonyl (C=O) groups excluding carboxylic acids is 2. The van der Waals surface area contributed by atoms with Gasteiger partial charge in [-0.15, -0.1) is 0 Å². The van der Waals surface area contributed by atoms with Crippen LogP contribution in [-0.2, 0) is 16.0 Å². The topological polar surface area (TPSA) is 78.4 Å². The van der Waals surface area contributed by atoms with Crippen molar-refractivity contribution >= 4 is 34.8 Å². The molecule has 0 spiro atoms. The number of benzene rings is 1. The maximum absolute atomic E-state index is 11.3. The summed E-state index contributed by atoms with van der Waals surface area (Å²) in [4.78, 5) is 22.5. The average Bonchev–Trinajstić information content (AvgIpc) is 2.68. The molecule has 1 aliphatic rings. The Kier molecular flexibility index (Phi) is 2.93. The predicted molar refractivity (Wildman–Crippen MR) is 64.4 cm³/mol. The zero-order chi connectivity index (χ0) is 12.6. The number of phenolic OH excluding ortho intramolecular Hbond substituents is 1. The normalized spacial score (nSPS) is 13.2. The lowest BCUT2D eigenvalue weighted by molar-refractivity contribution is -0.116. The molecule has 1 heterocycles. The number of carbonyl (C=O) groups is 2. The Morgan fingerprint density at radius 1 is 1.65 bits per heavy atom. The van der Waals surface area contributed by atoms with Crippen LogP contribution in [-0.4, -0.2) is 16.9 Å². The van der Waals surface area contributed by atoms with Crippen LogP contribution in [0.1, 0.15) is 18.9 Å². The van der Waals surface area contributed by atoms with Crippen LogP contribution in [0.25, 0.3) is 0 Å². The second-order valence-corrected chi connectivity index (χ2v) is 4.14. The van der Waals surface area contributed by atoms with Gasteiger partial charge in [-0.1, -0.05) is 18.5 Å². The quantitative estimate of drug-likeness (QED) is 0.705. The van der Waals surface area contributed by atoms with Gasteiger partial charge in [0, 0.05) is 12.0 Å². The fraction of sp³-hybridized carbons (Fsp3) is 0.273. The molecule has 0 unspecified atom stereocenters. The minimum absolute atomic E-state index is 0.0662. The predicted octanol–water partition coefficient (Wildman–Crippen LogP) is 1.89. The number of fused-ring (bicyclic) bond motifs is 1. The highest BCUT2D eigenvalue weighted by atomic mass is 35.5. The van der Waals surface area contributed by atoms with E-state index in [1.165, 1.54) is 6.07 Å². The van der Waals surface area contributed by atoms with Crippen LogP contribution >= 0.6 is 11.6 Å². The van der Waals surface area contributed by atoms with Crippen LogP contribution in [0.5, 0.6) is 5.75 Å². The van der Waals surface area contributed by atoms with Gasteiger partial charge in [0.15, 0.2) is 0 Å². The van der Waals surface area contributed by atoms with Crippen LogP contribution in [0.2, 0.25) is 5.02 Å². The largest absolute Gasteiger partial charge is 0.505 e. The second-order valence-electron chi connectivity index (χ2n) is 3.73. The molecule has 90 valence electrons. The third-order valence-corrected chi connectivity index (χ3v) is 2.85. The Hall–Kier alpha value is -1.75. The number of rotatable bonds is 2. The van der Waals surface area contributed by atoms with Gasteiger partial charge in [0.2, 0.25) is 11.8 Å². The first-order valence-corrected chi connectivity index (χ1v) is 5.54. The highest BCUT2D eigenvalue weighted by Crippen LogP contribution is 2.42. The van der Waals surface area contributed by atoms with Crippen molar-refractivity contribution in [2.75, 3.05) is 10.6 Å². The molecular formula is C11H11ClN2O3. The van der Waals surface area contributed by atoms with E-state index >= 15 is 0 Å². The van der Waals surface area contributed by atoms with Gasteiger partial charge in [0.05, 0.1) is 22.8 Å². The van der Waals surface area contributed by atoms with Gasteiger partial charge in [0.1, 0.15) is 5.75 Å². The zero-order valence-electron chi connectivity index (χ0n) is 9.13. The number of hydrogen-bond donors (Lipinski definition) is 3. The van der Waals surface area contributed by atoms with E-state index in [-0.39, 0.29) is 29.7 Å². The first-order chi connectivity index (χ1) is 8.02. The Morgan fingerprint density at radius 3 is 3.00 bits per heavy atom. The molecule has 0 aliphatic carbocycles. The molecule has 0 aromatic heterocycles. The summed E-state index contributed by atoms with van der Waals surface area (Å²) >= 11 is 5.96. The van der Waals surface area contributed by atoms with Crippen molar-refractivity contribution in [3.8, 4) is 5.75 Å². The molecule has 2 rings (SSSR count). The Labute approximate surface area is 103 Å². The third kappa shape index (κ3) is 2.06. The molecule has 0 fully saturated rings. The van der Waals surface area contributed by atoms with E-state index in [1.54, 1.807) is 6.92 Å². The van der Waals surface area contributed by atoms with Crippen LogP contribution in [0, 0.1) is 0 Å². The standard InChI is InChI=1S/C11H11ClN2O3/c1-2-8(15)13-7-4-6(12)10-5(11(7)17)3-9(16)14-10/h4,17H,2-3H2,1H3,(H,13,15)(H,14,16). The first-order valence-electron chi connectivity index (χ1n) is 5.17. The molecule has 1 aromatic rings. The van der Waals surface area contributed by atoms with Gasteiger partial charge < -0.3 is 15.7 Å². The average molecular weight is 255 g/mol. The van der Waals surface area contributed by atoms with E-state index in [0.717, 1.165) is 0 Å². The van der Waals surface area contributed by atoms with Crippen LogP contribution < -0.4 is 10.6 Å². The fourth-order valence-corrected chi connectivity index (χ4v) is 1.95. The lowest BCUT2D eigenvalue weighted by Gasteiger charge is -2.11. The maximum Gasteiger partial charge on any atom is 0.229 e. The van der Waals surface area contributed by atoms with Crippen molar-refractivity contribution in [3.05, 3.63) is 16.7 Å². The molecule has 2 amide bonds. The first kappa shape index (κ1) is 11.7. The lowest BCUT2D eigenvalue weighted by Crippen LogP contribution is -2.10. The molecule has 5 nitrogen and oxygen atoms in total. The molecule has 0 saturated heterocycles. The third-order valence-electron chi connectivity index (χ3n) is 2.55. The molecule has 0 atom stereocenters. The van der Waals surface area contributed by atoms with Gasteiger partial charge in [-0.25, -0.2) is 0 Å². The highest BCUT2D eigenvalue weighted by molar-refractivity contribution is 6.35. The van der Waals surface area contributed by atoms with Crippen LogP contribution in [0.3, 0.4) is 0 Å². The van der Waals surface area contributed by atoms with Crippen molar-refractivity contribution in [3.63, 3.8) is 0 Å². The molecule has 17 heavy (non-hydrogen) atoms. The smallest absolute Gasteiger partial charge is 0.229 e. The van der Waals surface area contributed by atoms with E-state index in [1.807, 2.05) is 0 Å². The number of nitrogens with one attached hydrogen (secondary N) is 2. The monoisotopic (exact) mass is 254 g/mol. The van der Waals surface area contributed by atoms with Crippen LogP contribution in [0.15, 0.2) is 6.07 Å². The number of amides is 2. The number of anilines is 2. The molecule has 1 aromatic carbocycles. The fourth-order valence-electron chi connectivity index (χ4n) is 1.68. The van der Waals surface area contributed by atoms with E-state index in [0.29, 0.717) is 22.7 Å².